The first kappa shape index (κ1) is 16.9. The van der Waals surface area contributed by atoms with Crippen molar-refractivity contribution in [3.05, 3.63) is 41.6 Å². The molecule has 0 saturated carbocycles. The van der Waals surface area contributed by atoms with Gasteiger partial charge in [0.2, 0.25) is 5.91 Å². The molecule has 1 aromatic heterocycles. The molecule has 0 N–H and O–H groups in total. The first-order chi connectivity index (χ1) is 11.4. The van der Waals surface area contributed by atoms with Crippen LogP contribution < -0.4 is 0 Å². The first-order valence-corrected chi connectivity index (χ1v) is 10.1. The minimum Gasteiger partial charge on any atom is -0.339 e. The van der Waals surface area contributed by atoms with Crippen molar-refractivity contribution < 1.29 is 13.2 Å². The second kappa shape index (κ2) is 6.51. The largest absolute Gasteiger partial charge is 0.339 e. The number of para-hydroxylation sites is 1. The third kappa shape index (κ3) is 3.43. The molecule has 3 rings (SSSR count). The van der Waals surface area contributed by atoms with Crippen molar-refractivity contribution in [1.29, 1.82) is 0 Å². The van der Waals surface area contributed by atoms with Gasteiger partial charge in [0, 0.05) is 18.0 Å². The number of amides is 1. The molecule has 1 saturated heterocycles. The summed E-state index contributed by atoms with van der Waals surface area (Å²) in [5.41, 5.74) is 2.62. The summed E-state index contributed by atoms with van der Waals surface area (Å²) < 4.78 is 23.4. The number of fused-ring (bicyclic) bond motifs is 1. The summed E-state index contributed by atoms with van der Waals surface area (Å²) in [6, 6.07) is 9.67. The summed E-state index contributed by atoms with van der Waals surface area (Å²) in [7, 11) is -3.00. The van der Waals surface area contributed by atoms with Crippen LogP contribution in [0.25, 0.3) is 10.9 Å². The van der Waals surface area contributed by atoms with Crippen molar-refractivity contribution in [2.45, 2.75) is 32.7 Å². The summed E-state index contributed by atoms with van der Waals surface area (Å²) >= 11 is 0. The zero-order chi connectivity index (χ0) is 17.3. The molecule has 1 aliphatic rings. The van der Waals surface area contributed by atoms with Crippen molar-refractivity contribution in [3.63, 3.8) is 0 Å². The number of pyridine rings is 1. The van der Waals surface area contributed by atoms with E-state index in [0.29, 0.717) is 13.0 Å². The first-order valence-electron chi connectivity index (χ1n) is 8.25. The highest BCUT2D eigenvalue weighted by Crippen LogP contribution is 2.20. The number of hydrogen-bond acceptors (Lipinski definition) is 4. The number of aryl methyl sites for hydroxylation is 1. The van der Waals surface area contributed by atoms with Gasteiger partial charge in [-0.25, -0.2) is 8.42 Å². The molecule has 0 bridgehead atoms. The van der Waals surface area contributed by atoms with E-state index < -0.39 is 9.84 Å². The smallest absolute Gasteiger partial charge is 0.228 e. The third-order valence-electron chi connectivity index (χ3n) is 4.65. The standard InChI is InChI=1S/C18H22N2O3S/c1-3-20(15-8-9-24(22,23)12-15)18(21)11-17-13(2)10-14-6-4-5-7-16(14)19-17/h4-7,10,15H,3,8-9,11-12H2,1-2H3. The van der Waals surface area contributed by atoms with E-state index in [1.54, 1.807) is 4.90 Å². The Morgan fingerprint density at radius 1 is 1.33 bits per heavy atom. The van der Waals surface area contributed by atoms with E-state index in [-0.39, 0.29) is 29.9 Å². The van der Waals surface area contributed by atoms with Gasteiger partial charge in [-0.2, -0.15) is 0 Å². The number of carbonyl (C=O) groups excluding carboxylic acids is 1. The maximum Gasteiger partial charge on any atom is 0.228 e. The molecular formula is C18H22N2O3S. The van der Waals surface area contributed by atoms with E-state index in [1.165, 1.54) is 0 Å². The van der Waals surface area contributed by atoms with Crippen molar-refractivity contribution in [2.75, 3.05) is 18.1 Å². The van der Waals surface area contributed by atoms with Crippen LogP contribution in [0.15, 0.2) is 30.3 Å². The summed E-state index contributed by atoms with van der Waals surface area (Å²) in [6.45, 7) is 4.37. The quantitative estimate of drug-likeness (QED) is 0.850. The predicted octanol–water partition coefficient (Wildman–Crippen LogP) is 2.12. The molecule has 128 valence electrons. The fourth-order valence-corrected chi connectivity index (χ4v) is 5.08. The minimum absolute atomic E-state index is 0.0505. The van der Waals surface area contributed by atoms with Crippen LogP contribution in [0, 0.1) is 6.92 Å². The maximum absolute atomic E-state index is 12.7. The van der Waals surface area contributed by atoms with Gasteiger partial charge in [0.15, 0.2) is 9.84 Å². The number of nitrogens with zero attached hydrogens (tertiary/aromatic N) is 2. The molecule has 1 aromatic carbocycles. The molecule has 1 amide bonds. The Bertz CT molecular complexity index is 877. The van der Waals surface area contributed by atoms with Crippen molar-refractivity contribution in [3.8, 4) is 0 Å². The Hall–Kier alpha value is -1.95. The van der Waals surface area contributed by atoms with Crippen molar-refractivity contribution in [2.24, 2.45) is 0 Å². The average molecular weight is 346 g/mol. The van der Waals surface area contributed by atoms with Crippen molar-refractivity contribution in [1.82, 2.24) is 9.88 Å². The molecular weight excluding hydrogens is 324 g/mol. The van der Waals surface area contributed by atoms with E-state index in [4.69, 9.17) is 0 Å². The van der Waals surface area contributed by atoms with Gasteiger partial charge in [0.05, 0.1) is 29.1 Å². The molecule has 0 radical (unpaired) electrons. The lowest BCUT2D eigenvalue weighted by atomic mass is 10.1. The van der Waals surface area contributed by atoms with Crippen molar-refractivity contribution >= 4 is 26.6 Å². The van der Waals surface area contributed by atoms with Gasteiger partial charge in [0.25, 0.3) is 0 Å². The molecule has 0 aliphatic carbocycles. The minimum atomic E-state index is -3.00. The van der Waals surface area contributed by atoms with E-state index in [2.05, 4.69) is 4.98 Å². The van der Waals surface area contributed by atoms with E-state index in [1.807, 2.05) is 44.2 Å². The highest BCUT2D eigenvalue weighted by Gasteiger charge is 2.34. The number of likely N-dealkylation sites (N-methyl/N-ethyl adjacent to an activating group) is 1. The molecule has 1 fully saturated rings. The Labute approximate surface area is 142 Å². The number of benzene rings is 1. The molecule has 2 heterocycles. The number of aromatic nitrogens is 1. The average Bonchev–Trinajstić information content (AvgIpc) is 2.88. The van der Waals surface area contributed by atoms with Crippen LogP contribution in [0.5, 0.6) is 0 Å². The Morgan fingerprint density at radius 2 is 2.08 bits per heavy atom. The number of hydrogen-bond donors (Lipinski definition) is 0. The van der Waals surface area contributed by atoms with Crippen LogP contribution in [-0.2, 0) is 21.1 Å². The zero-order valence-electron chi connectivity index (χ0n) is 14.0. The van der Waals surface area contributed by atoms with Gasteiger partial charge in [-0.1, -0.05) is 18.2 Å². The topological polar surface area (TPSA) is 67.3 Å². The van der Waals surface area contributed by atoms with Gasteiger partial charge in [-0.15, -0.1) is 0 Å². The third-order valence-corrected chi connectivity index (χ3v) is 6.40. The van der Waals surface area contributed by atoms with Crippen LogP contribution in [0.2, 0.25) is 0 Å². The summed E-state index contributed by atoms with van der Waals surface area (Å²) in [5.74, 6) is 0.205. The highest BCUT2D eigenvalue weighted by atomic mass is 32.2. The van der Waals surface area contributed by atoms with E-state index in [9.17, 15) is 13.2 Å². The molecule has 0 spiro atoms. The van der Waals surface area contributed by atoms with Gasteiger partial charge in [-0.3, -0.25) is 9.78 Å². The Balaban J connectivity index is 1.82. The number of sulfone groups is 1. The van der Waals surface area contributed by atoms with Crippen LogP contribution in [0.4, 0.5) is 0 Å². The van der Waals surface area contributed by atoms with Crippen LogP contribution in [0.1, 0.15) is 24.6 Å². The molecule has 1 atom stereocenters. The summed E-state index contributed by atoms with van der Waals surface area (Å²) in [4.78, 5) is 19.0. The molecule has 2 aromatic rings. The van der Waals surface area contributed by atoms with Gasteiger partial charge < -0.3 is 4.90 Å². The fraction of sp³-hybridized carbons (Fsp3) is 0.444. The maximum atomic E-state index is 12.7. The van der Waals surface area contributed by atoms with Gasteiger partial charge in [-0.05, 0) is 38.0 Å². The van der Waals surface area contributed by atoms with Crippen LogP contribution in [-0.4, -0.2) is 48.3 Å². The predicted molar refractivity (Wildman–Crippen MR) is 94.6 cm³/mol. The Morgan fingerprint density at radius 3 is 2.75 bits per heavy atom. The Kier molecular flexibility index (Phi) is 4.58. The van der Waals surface area contributed by atoms with Gasteiger partial charge >= 0.3 is 0 Å². The van der Waals surface area contributed by atoms with E-state index >= 15 is 0 Å². The monoisotopic (exact) mass is 346 g/mol. The molecule has 1 unspecified atom stereocenters. The highest BCUT2D eigenvalue weighted by molar-refractivity contribution is 7.91. The lowest BCUT2D eigenvalue weighted by Gasteiger charge is -2.27. The second-order valence-electron chi connectivity index (χ2n) is 6.36. The van der Waals surface area contributed by atoms with Crippen LogP contribution >= 0.6 is 0 Å². The lowest BCUT2D eigenvalue weighted by Crippen LogP contribution is -2.42. The molecule has 5 nitrogen and oxygen atoms in total. The summed E-state index contributed by atoms with van der Waals surface area (Å²) in [5, 5.41) is 1.06. The zero-order valence-corrected chi connectivity index (χ0v) is 14.8. The SMILES string of the molecule is CCN(C(=O)Cc1nc2ccccc2cc1C)C1CCS(=O)(=O)C1. The molecule has 24 heavy (non-hydrogen) atoms. The molecule has 6 heteroatoms. The fourth-order valence-electron chi connectivity index (χ4n) is 3.34. The second-order valence-corrected chi connectivity index (χ2v) is 8.59. The summed E-state index contributed by atoms with van der Waals surface area (Å²) in [6.07, 6.45) is 0.743. The number of rotatable bonds is 4. The normalized spacial score (nSPS) is 19.5. The van der Waals surface area contributed by atoms with E-state index in [0.717, 1.165) is 22.2 Å². The molecule has 1 aliphatic heterocycles. The lowest BCUT2D eigenvalue weighted by molar-refractivity contribution is -0.132. The van der Waals surface area contributed by atoms with Crippen LogP contribution in [0.3, 0.4) is 0 Å². The number of carbonyl (C=O) groups is 1. The van der Waals surface area contributed by atoms with Gasteiger partial charge in [0.1, 0.15) is 0 Å².